The molecule has 0 radical (unpaired) electrons. The van der Waals surface area contributed by atoms with E-state index < -0.39 is 11.6 Å². The predicted molar refractivity (Wildman–Crippen MR) is 54.4 cm³/mol. The van der Waals surface area contributed by atoms with Crippen molar-refractivity contribution >= 4 is 17.5 Å². The number of anilines is 1. The third-order valence-corrected chi connectivity index (χ3v) is 2.68. The first kappa shape index (κ1) is 9.97. The Morgan fingerprint density at radius 1 is 1.27 bits per heavy atom. The number of aromatic nitrogens is 2. The lowest BCUT2D eigenvalue weighted by Gasteiger charge is -2.01. The van der Waals surface area contributed by atoms with Gasteiger partial charge in [0, 0.05) is 11.6 Å². The molecule has 3 nitrogen and oxygen atoms in total. The van der Waals surface area contributed by atoms with E-state index in [1.54, 1.807) is 6.92 Å². The molecular weight excluding hydrogens is 220 g/mol. The Morgan fingerprint density at radius 2 is 2.00 bits per heavy atom. The Balaban J connectivity index is 2.58. The van der Waals surface area contributed by atoms with Crippen molar-refractivity contribution < 1.29 is 8.78 Å². The molecule has 0 saturated carbocycles. The second-order valence-electron chi connectivity index (χ2n) is 3.04. The van der Waals surface area contributed by atoms with Crippen molar-refractivity contribution in [3.05, 3.63) is 29.3 Å². The molecule has 0 saturated heterocycles. The maximum Gasteiger partial charge on any atom is 0.232 e. The second-order valence-corrected chi connectivity index (χ2v) is 3.79. The van der Waals surface area contributed by atoms with Crippen molar-refractivity contribution in [3.8, 4) is 10.6 Å². The van der Waals surface area contributed by atoms with Crippen LogP contribution in [-0.4, -0.2) is 9.36 Å². The standard InChI is InChI=1S/C9H7F2N3S/c1-4-2-5(7(11)3-6(4)10)8-13-9(12)14-15-8/h2-3H,1H3,(H2,12,14). The molecule has 78 valence electrons. The molecular formula is C9H7F2N3S. The zero-order chi connectivity index (χ0) is 11.0. The van der Waals surface area contributed by atoms with Crippen molar-refractivity contribution in [1.29, 1.82) is 0 Å². The van der Waals surface area contributed by atoms with Gasteiger partial charge in [0.1, 0.15) is 16.6 Å². The molecule has 0 aliphatic rings. The summed E-state index contributed by atoms with van der Waals surface area (Å²) in [7, 11) is 0. The van der Waals surface area contributed by atoms with Crippen LogP contribution in [0, 0.1) is 18.6 Å². The van der Waals surface area contributed by atoms with Gasteiger partial charge in [-0.3, -0.25) is 0 Å². The first-order chi connectivity index (χ1) is 7.08. The van der Waals surface area contributed by atoms with Crippen LogP contribution in [0.1, 0.15) is 5.56 Å². The van der Waals surface area contributed by atoms with Gasteiger partial charge in [-0.1, -0.05) is 0 Å². The van der Waals surface area contributed by atoms with Crippen LogP contribution in [0.15, 0.2) is 12.1 Å². The fourth-order valence-corrected chi connectivity index (χ4v) is 1.78. The topological polar surface area (TPSA) is 51.8 Å². The lowest BCUT2D eigenvalue weighted by atomic mass is 10.1. The van der Waals surface area contributed by atoms with E-state index in [4.69, 9.17) is 5.73 Å². The molecule has 1 heterocycles. The monoisotopic (exact) mass is 227 g/mol. The lowest BCUT2D eigenvalue weighted by molar-refractivity contribution is 0.579. The first-order valence-electron chi connectivity index (χ1n) is 4.13. The number of aryl methyl sites for hydroxylation is 1. The fourth-order valence-electron chi connectivity index (χ4n) is 1.17. The summed E-state index contributed by atoms with van der Waals surface area (Å²) in [4.78, 5) is 3.84. The Bertz CT molecular complexity index is 510. The molecule has 0 unspecified atom stereocenters. The zero-order valence-corrected chi connectivity index (χ0v) is 8.61. The number of nitrogens with zero attached hydrogens (tertiary/aromatic N) is 2. The Labute approximate surface area is 88.7 Å². The summed E-state index contributed by atoms with van der Waals surface area (Å²) in [5.74, 6) is -1.14. The Kier molecular flexibility index (Phi) is 2.36. The van der Waals surface area contributed by atoms with Gasteiger partial charge in [0.2, 0.25) is 5.95 Å². The summed E-state index contributed by atoms with van der Waals surface area (Å²) in [6, 6.07) is 2.23. The van der Waals surface area contributed by atoms with Crippen molar-refractivity contribution in [2.45, 2.75) is 6.92 Å². The van der Waals surface area contributed by atoms with Crippen LogP contribution in [-0.2, 0) is 0 Å². The van der Waals surface area contributed by atoms with E-state index in [9.17, 15) is 8.78 Å². The number of hydrogen-bond acceptors (Lipinski definition) is 4. The van der Waals surface area contributed by atoms with Crippen molar-refractivity contribution in [1.82, 2.24) is 9.36 Å². The zero-order valence-electron chi connectivity index (χ0n) is 7.79. The van der Waals surface area contributed by atoms with Crippen LogP contribution in [0.25, 0.3) is 10.6 Å². The molecule has 15 heavy (non-hydrogen) atoms. The van der Waals surface area contributed by atoms with E-state index >= 15 is 0 Å². The predicted octanol–water partition coefficient (Wildman–Crippen LogP) is 2.37. The van der Waals surface area contributed by atoms with Gasteiger partial charge in [0.25, 0.3) is 0 Å². The molecule has 0 aliphatic heterocycles. The summed E-state index contributed by atoms with van der Waals surface area (Å²) in [6.07, 6.45) is 0. The summed E-state index contributed by atoms with van der Waals surface area (Å²) >= 11 is 0.983. The van der Waals surface area contributed by atoms with Crippen molar-refractivity contribution in [2.24, 2.45) is 0 Å². The van der Waals surface area contributed by atoms with Crippen LogP contribution in [0.5, 0.6) is 0 Å². The largest absolute Gasteiger partial charge is 0.367 e. The van der Waals surface area contributed by atoms with Crippen LogP contribution < -0.4 is 5.73 Å². The van der Waals surface area contributed by atoms with E-state index in [2.05, 4.69) is 9.36 Å². The summed E-state index contributed by atoms with van der Waals surface area (Å²) in [5.41, 5.74) is 5.91. The van der Waals surface area contributed by atoms with Crippen LogP contribution in [0.3, 0.4) is 0 Å². The number of halogens is 2. The van der Waals surface area contributed by atoms with Gasteiger partial charge in [-0.25, -0.2) is 8.78 Å². The molecule has 2 aromatic rings. The van der Waals surface area contributed by atoms with E-state index in [0.29, 0.717) is 10.6 Å². The van der Waals surface area contributed by atoms with Gasteiger partial charge in [0.15, 0.2) is 0 Å². The third kappa shape index (κ3) is 1.80. The minimum atomic E-state index is -0.658. The number of nitrogens with two attached hydrogens (primary N) is 1. The highest BCUT2D eigenvalue weighted by Crippen LogP contribution is 2.27. The van der Waals surface area contributed by atoms with Crippen LogP contribution in [0.4, 0.5) is 14.7 Å². The Morgan fingerprint density at radius 3 is 2.60 bits per heavy atom. The molecule has 0 amide bonds. The molecule has 2 rings (SSSR count). The Hall–Kier alpha value is -1.56. The molecule has 0 bridgehead atoms. The number of rotatable bonds is 1. The van der Waals surface area contributed by atoms with Crippen molar-refractivity contribution in [3.63, 3.8) is 0 Å². The smallest absolute Gasteiger partial charge is 0.232 e. The molecule has 2 N–H and O–H groups in total. The third-order valence-electron chi connectivity index (χ3n) is 1.92. The molecule has 0 spiro atoms. The highest BCUT2D eigenvalue weighted by Gasteiger charge is 2.12. The van der Waals surface area contributed by atoms with E-state index in [0.717, 1.165) is 17.6 Å². The highest BCUT2D eigenvalue weighted by molar-refractivity contribution is 7.09. The SMILES string of the molecule is Cc1cc(-c2nc(N)ns2)c(F)cc1F. The van der Waals surface area contributed by atoms with Gasteiger partial charge in [-0.2, -0.15) is 9.36 Å². The second kappa shape index (κ2) is 3.54. The van der Waals surface area contributed by atoms with Crippen LogP contribution >= 0.6 is 11.5 Å². The summed E-state index contributed by atoms with van der Waals surface area (Å²) < 4.78 is 30.1. The summed E-state index contributed by atoms with van der Waals surface area (Å²) in [6.45, 7) is 1.56. The number of benzene rings is 1. The first-order valence-corrected chi connectivity index (χ1v) is 4.90. The van der Waals surface area contributed by atoms with Gasteiger partial charge >= 0.3 is 0 Å². The molecule has 1 aromatic carbocycles. The van der Waals surface area contributed by atoms with Gasteiger partial charge in [-0.05, 0) is 30.1 Å². The van der Waals surface area contributed by atoms with Gasteiger partial charge in [0.05, 0.1) is 0 Å². The fraction of sp³-hybridized carbons (Fsp3) is 0.111. The molecule has 0 aliphatic carbocycles. The van der Waals surface area contributed by atoms with Crippen LogP contribution in [0.2, 0.25) is 0 Å². The average molecular weight is 227 g/mol. The van der Waals surface area contributed by atoms with Gasteiger partial charge in [-0.15, -0.1) is 0 Å². The van der Waals surface area contributed by atoms with Crippen molar-refractivity contribution in [2.75, 3.05) is 5.73 Å². The van der Waals surface area contributed by atoms with Gasteiger partial charge < -0.3 is 5.73 Å². The lowest BCUT2D eigenvalue weighted by Crippen LogP contribution is -1.91. The maximum absolute atomic E-state index is 13.4. The maximum atomic E-state index is 13.4. The number of hydrogen-bond donors (Lipinski definition) is 1. The molecule has 6 heteroatoms. The van der Waals surface area contributed by atoms with E-state index in [1.807, 2.05) is 0 Å². The average Bonchev–Trinajstić information content (AvgIpc) is 2.58. The summed E-state index contributed by atoms with van der Waals surface area (Å²) in [5, 5.41) is 0.355. The minimum absolute atomic E-state index is 0.0939. The van der Waals surface area contributed by atoms with E-state index in [-0.39, 0.29) is 11.5 Å². The number of nitrogen functional groups attached to an aromatic ring is 1. The molecule has 0 atom stereocenters. The highest BCUT2D eigenvalue weighted by atomic mass is 32.1. The normalized spacial score (nSPS) is 10.6. The molecule has 0 fully saturated rings. The van der Waals surface area contributed by atoms with E-state index in [1.165, 1.54) is 6.07 Å². The molecule has 1 aromatic heterocycles. The quantitative estimate of drug-likeness (QED) is 0.813. The minimum Gasteiger partial charge on any atom is -0.367 e.